The van der Waals surface area contributed by atoms with Gasteiger partial charge in [-0.3, -0.25) is 0 Å². The molecule has 0 aliphatic heterocycles. The predicted octanol–water partition coefficient (Wildman–Crippen LogP) is 3.73. The summed E-state index contributed by atoms with van der Waals surface area (Å²) < 4.78 is 67.7. The van der Waals surface area contributed by atoms with Gasteiger partial charge in [-0.1, -0.05) is 35.5 Å². The first-order valence-electron chi connectivity index (χ1n) is 7.04. The lowest BCUT2D eigenvalue weighted by Crippen LogP contribution is -2.05. The normalized spacial score (nSPS) is 12.3. The van der Waals surface area contributed by atoms with E-state index in [2.05, 4.69) is 10.1 Å². The van der Waals surface area contributed by atoms with Crippen LogP contribution in [-0.4, -0.2) is 18.6 Å². The second-order valence-corrected chi connectivity index (χ2v) is 7.15. The minimum absolute atomic E-state index is 0.0851. The Morgan fingerprint density at radius 2 is 1.72 bits per heavy atom. The number of rotatable bonds is 4. The molecule has 0 bridgehead atoms. The van der Waals surface area contributed by atoms with E-state index in [4.69, 9.17) is 4.52 Å². The van der Waals surface area contributed by atoms with Gasteiger partial charge >= 0.3 is 6.18 Å². The Kier molecular flexibility index (Phi) is 4.34. The summed E-state index contributed by atoms with van der Waals surface area (Å²) in [4.78, 5) is 3.98. The molecular formula is C16H11F3N2O3S. The Balaban J connectivity index is 1.86. The monoisotopic (exact) mass is 368 g/mol. The largest absolute Gasteiger partial charge is 0.416 e. The van der Waals surface area contributed by atoms with Crippen molar-refractivity contribution < 1.29 is 26.1 Å². The first-order chi connectivity index (χ1) is 11.8. The molecule has 5 nitrogen and oxygen atoms in total. The van der Waals surface area contributed by atoms with Crippen molar-refractivity contribution in [1.29, 1.82) is 0 Å². The van der Waals surface area contributed by atoms with Gasteiger partial charge in [0.2, 0.25) is 11.7 Å². The van der Waals surface area contributed by atoms with Crippen LogP contribution in [-0.2, 0) is 21.8 Å². The summed E-state index contributed by atoms with van der Waals surface area (Å²) in [6.45, 7) is 0. The summed E-state index contributed by atoms with van der Waals surface area (Å²) in [5.41, 5.74) is -0.768. The van der Waals surface area contributed by atoms with Gasteiger partial charge in [0.1, 0.15) is 5.75 Å². The van der Waals surface area contributed by atoms with E-state index in [0.29, 0.717) is 0 Å². The highest BCUT2D eigenvalue weighted by atomic mass is 32.2. The molecule has 0 aliphatic carbocycles. The Hall–Kier alpha value is -2.68. The van der Waals surface area contributed by atoms with E-state index in [1.54, 1.807) is 18.2 Å². The zero-order valence-corrected chi connectivity index (χ0v) is 13.4. The van der Waals surface area contributed by atoms with Crippen LogP contribution in [0.3, 0.4) is 0 Å². The SMILES string of the molecule is O=S(=O)(Cc1nc(-c2cccc(C(F)(F)F)c2)no1)c1ccccc1. The van der Waals surface area contributed by atoms with Crippen LogP contribution in [0.1, 0.15) is 11.5 Å². The predicted molar refractivity (Wildman–Crippen MR) is 82.1 cm³/mol. The van der Waals surface area contributed by atoms with Gasteiger partial charge in [-0.25, -0.2) is 8.42 Å². The van der Waals surface area contributed by atoms with E-state index in [1.807, 2.05) is 0 Å². The average molecular weight is 368 g/mol. The third kappa shape index (κ3) is 3.87. The maximum atomic E-state index is 12.8. The molecule has 0 saturated heterocycles. The zero-order valence-electron chi connectivity index (χ0n) is 12.6. The van der Waals surface area contributed by atoms with E-state index >= 15 is 0 Å². The minimum atomic E-state index is -4.50. The third-order valence-electron chi connectivity index (χ3n) is 3.33. The second kappa shape index (κ2) is 6.32. The van der Waals surface area contributed by atoms with Crippen LogP contribution in [0.25, 0.3) is 11.4 Å². The summed E-state index contributed by atoms with van der Waals surface area (Å²) in [5.74, 6) is -0.844. The first kappa shape index (κ1) is 17.2. The minimum Gasteiger partial charge on any atom is -0.338 e. The van der Waals surface area contributed by atoms with Gasteiger partial charge in [-0.15, -0.1) is 0 Å². The molecular weight excluding hydrogens is 357 g/mol. The van der Waals surface area contributed by atoms with Crippen LogP contribution in [0.2, 0.25) is 0 Å². The van der Waals surface area contributed by atoms with Crippen LogP contribution in [0.5, 0.6) is 0 Å². The number of hydrogen-bond acceptors (Lipinski definition) is 5. The lowest BCUT2D eigenvalue weighted by atomic mass is 10.1. The second-order valence-electron chi connectivity index (χ2n) is 5.16. The molecule has 0 radical (unpaired) electrons. The summed E-state index contributed by atoms with van der Waals surface area (Å²) >= 11 is 0. The average Bonchev–Trinajstić information content (AvgIpc) is 3.03. The Morgan fingerprint density at radius 3 is 2.40 bits per heavy atom. The number of sulfone groups is 1. The number of alkyl halides is 3. The van der Waals surface area contributed by atoms with Gasteiger partial charge in [-0.2, -0.15) is 18.2 Å². The lowest BCUT2D eigenvalue weighted by molar-refractivity contribution is -0.137. The van der Waals surface area contributed by atoms with E-state index < -0.39 is 27.3 Å². The summed E-state index contributed by atoms with van der Waals surface area (Å²) in [5, 5.41) is 3.57. The van der Waals surface area contributed by atoms with E-state index in [0.717, 1.165) is 12.1 Å². The molecule has 0 N–H and O–H groups in total. The quantitative estimate of drug-likeness (QED) is 0.702. The molecule has 3 aromatic rings. The Labute approximate surface area is 141 Å². The standard InChI is InChI=1S/C16H11F3N2O3S/c17-16(18,19)12-6-4-5-11(9-12)15-20-14(24-21-15)10-25(22,23)13-7-2-1-3-8-13/h1-9H,10H2. The Bertz CT molecular complexity index is 983. The Morgan fingerprint density at radius 1 is 1.00 bits per heavy atom. The number of aromatic nitrogens is 2. The molecule has 0 aliphatic rings. The fourth-order valence-corrected chi connectivity index (χ4v) is 3.32. The maximum Gasteiger partial charge on any atom is 0.416 e. The lowest BCUT2D eigenvalue weighted by Gasteiger charge is -2.06. The number of nitrogens with zero attached hydrogens (tertiary/aromatic N) is 2. The highest BCUT2D eigenvalue weighted by Crippen LogP contribution is 2.31. The highest BCUT2D eigenvalue weighted by molar-refractivity contribution is 7.90. The fourth-order valence-electron chi connectivity index (χ4n) is 2.14. The van der Waals surface area contributed by atoms with Crippen LogP contribution in [0, 0.1) is 0 Å². The van der Waals surface area contributed by atoms with Crippen molar-refractivity contribution in [3.05, 3.63) is 66.1 Å². The van der Waals surface area contributed by atoms with Crippen LogP contribution in [0.15, 0.2) is 64.0 Å². The molecule has 2 aromatic carbocycles. The van der Waals surface area contributed by atoms with E-state index in [-0.39, 0.29) is 22.2 Å². The van der Waals surface area contributed by atoms with Gasteiger partial charge in [0.05, 0.1) is 10.5 Å². The van der Waals surface area contributed by atoms with Crippen LogP contribution in [0.4, 0.5) is 13.2 Å². The van der Waals surface area contributed by atoms with Crippen LogP contribution >= 0.6 is 0 Å². The molecule has 0 unspecified atom stereocenters. The van der Waals surface area contributed by atoms with Gasteiger partial charge < -0.3 is 4.52 Å². The van der Waals surface area contributed by atoms with Crippen molar-refractivity contribution >= 4 is 9.84 Å². The molecule has 130 valence electrons. The molecule has 3 rings (SSSR count). The molecule has 25 heavy (non-hydrogen) atoms. The third-order valence-corrected chi connectivity index (χ3v) is 4.95. The zero-order chi connectivity index (χ0) is 18.1. The number of benzene rings is 2. The topological polar surface area (TPSA) is 73.1 Å². The van der Waals surface area contributed by atoms with Crippen molar-refractivity contribution in [2.24, 2.45) is 0 Å². The van der Waals surface area contributed by atoms with E-state index in [9.17, 15) is 21.6 Å². The van der Waals surface area contributed by atoms with E-state index in [1.165, 1.54) is 24.3 Å². The van der Waals surface area contributed by atoms with Crippen molar-refractivity contribution in [2.45, 2.75) is 16.8 Å². The van der Waals surface area contributed by atoms with Crippen molar-refractivity contribution in [3.63, 3.8) is 0 Å². The molecule has 0 spiro atoms. The van der Waals surface area contributed by atoms with Gasteiger partial charge in [0, 0.05) is 5.56 Å². The number of halogens is 3. The smallest absolute Gasteiger partial charge is 0.338 e. The molecule has 1 heterocycles. The van der Waals surface area contributed by atoms with Gasteiger partial charge in [0.15, 0.2) is 9.84 Å². The summed E-state index contributed by atoms with van der Waals surface area (Å²) in [7, 11) is -3.69. The molecule has 1 aromatic heterocycles. The number of hydrogen-bond donors (Lipinski definition) is 0. The summed E-state index contributed by atoms with van der Waals surface area (Å²) in [6, 6.07) is 12.1. The van der Waals surface area contributed by atoms with Crippen molar-refractivity contribution in [3.8, 4) is 11.4 Å². The van der Waals surface area contributed by atoms with Crippen molar-refractivity contribution in [1.82, 2.24) is 10.1 Å². The fraction of sp³-hybridized carbons (Fsp3) is 0.125. The molecule has 0 atom stereocenters. The van der Waals surface area contributed by atoms with Crippen LogP contribution < -0.4 is 0 Å². The molecule has 0 amide bonds. The molecule has 0 saturated carbocycles. The first-order valence-corrected chi connectivity index (χ1v) is 8.69. The van der Waals surface area contributed by atoms with Gasteiger partial charge in [-0.05, 0) is 24.3 Å². The summed E-state index contributed by atoms with van der Waals surface area (Å²) in [6.07, 6.45) is -4.50. The molecule has 0 fully saturated rings. The van der Waals surface area contributed by atoms with Crippen molar-refractivity contribution in [2.75, 3.05) is 0 Å². The maximum absolute atomic E-state index is 12.8. The highest BCUT2D eigenvalue weighted by Gasteiger charge is 2.31. The molecule has 9 heteroatoms. The van der Waals surface area contributed by atoms with Gasteiger partial charge in [0.25, 0.3) is 0 Å².